The first kappa shape index (κ1) is 10.2. The Labute approximate surface area is 89.8 Å². The molecule has 0 aliphatic carbocycles. The first-order chi connectivity index (χ1) is 5.65. The molecule has 1 aromatic carbocycles. The van der Waals surface area contributed by atoms with E-state index >= 15 is 0 Å². The normalized spacial score (nSPS) is 13.0. The van der Waals surface area contributed by atoms with E-state index in [1.165, 1.54) is 5.56 Å². The molecule has 1 nitrogen and oxygen atoms in total. The molecule has 0 amide bonds. The highest BCUT2D eigenvalue weighted by molar-refractivity contribution is 9.11. The molecule has 0 radical (unpaired) electrons. The lowest BCUT2D eigenvalue weighted by molar-refractivity contribution is 0.649. The van der Waals surface area contributed by atoms with Gasteiger partial charge in [-0.25, -0.2) is 0 Å². The van der Waals surface area contributed by atoms with Gasteiger partial charge in [0.15, 0.2) is 0 Å². The molecule has 0 aliphatic rings. The lowest BCUT2D eigenvalue weighted by Crippen LogP contribution is -2.12. The van der Waals surface area contributed by atoms with Crippen LogP contribution in [0.4, 0.5) is 0 Å². The van der Waals surface area contributed by atoms with Crippen LogP contribution in [-0.4, -0.2) is 7.05 Å². The number of hydrogen-bond donors (Lipinski definition) is 1. The third-order valence-corrected chi connectivity index (χ3v) is 3.07. The predicted molar refractivity (Wildman–Crippen MR) is 59.3 cm³/mol. The quantitative estimate of drug-likeness (QED) is 0.880. The van der Waals surface area contributed by atoms with Gasteiger partial charge in [-0.15, -0.1) is 0 Å². The number of rotatable bonds is 2. The largest absolute Gasteiger partial charge is 0.313 e. The summed E-state index contributed by atoms with van der Waals surface area (Å²) in [5.74, 6) is 0. The Kier molecular flexibility index (Phi) is 3.75. The Morgan fingerprint density at radius 2 is 2.00 bits per heavy atom. The van der Waals surface area contributed by atoms with Gasteiger partial charge in [-0.2, -0.15) is 0 Å². The molecule has 1 unspecified atom stereocenters. The lowest BCUT2D eigenvalue weighted by atomic mass is 10.1. The first-order valence-electron chi connectivity index (χ1n) is 3.77. The highest BCUT2D eigenvalue weighted by atomic mass is 79.9. The minimum atomic E-state index is 0.372. The van der Waals surface area contributed by atoms with Gasteiger partial charge in [0.05, 0.1) is 0 Å². The Hall–Kier alpha value is 0.140. The highest BCUT2D eigenvalue weighted by Crippen LogP contribution is 2.26. The summed E-state index contributed by atoms with van der Waals surface area (Å²) in [5.41, 5.74) is 1.27. The molecule has 0 aromatic heterocycles. The van der Waals surface area contributed by atoms with Gasteiger partial charge in [0.1, 0.15) is 0 Å². The van der Waals surface area contributed by atoms with E-state index in [4.69, 9.17) is 0 Å². The van der Waals surface area contributed by atoms with E-state index in [1.807, 2.05) is 19.2 Å². The van der Waals surface area contributed by atoms with Gasteiger partial charge in [0.2, 0.25) is 0 Å². The van der Waals surface area contributed by atoms with Gasteiger partial charge < -0.3 is 5.32 Å². The summed E-state index contributed by atoms with van der Waals surface area (Å²) in [5, 5.41) is 3.20. The van der Waals surface area contributed by atoms with Gasteiger partial charge in [0.25, 0.3) is 0 Å². The van der Waals surface area contributed by atoms with Crippen molar-refractivity contribution in [3.05, 3.63) is 32.7 Å². The molecule has 0 fully saturated rings. The molecular weight excluding hydrogens is 282 g/mol. The van der Waals surface area contributed by atoms with Crippen molar-refractivity contribution in [3.8, 4) is 0 Å². The molecule has 66 valence electrons. The molecule has 0 saturated carbocycles. The fraction of sp³-hybridized carbons (Fsp3) is 0.333. The van der Waals surface area contributed by atoms with Crippen molar-refractivity contribution < 1.29 is 0 Å². The minimum Gasteiger partial charge on any atom is -0.313 e. The molecule has 0 heterocycles. The van der Waals surface area contributed by atoms with E-state index in [0.717, 1.165) is 8.95 Å². The first-order valence-corrected chi connectivity index (χ1v) is 5.36. The number of benzene rings is 1. The average Bonchev–Trinajstić information content (AvgIpc) is 2.08. The number of hydrogen-bond acceptors (Lipinski definition) is 1. The summed E-state index contributed by atoms with van der Waals surface area (Å²) >= 11 is 6.96. The molecule has 0 spiro atoms. The Bertz CT molecular complexity index is 273. The van der Waals surface area contributed by atoms with E-state index in [9.17, 15) is 0 Å². The fourth-order valence-corrected chi connectivity index (χ4v) is 1.97. The van der Waals surface area contributed by atoms with Gasteiger partial charge >= 0.3 is 0 Å². The van der Waals surface area contributed by atoms with Gasteiger partial charge in [-0.1, -0.05) is 31.9 Å². The third-order valence-electron chi connectivity index (χ3n) is 1.86. The predicted octanol–water partition coefficient (Wildman–Crippen LogP) is 3.49. The summed E-state index contributed by atoms with van der Waals surface area (Å²) in [6.07, 6.45) is 0. The second-order valence-electron chi connectivity index (χ2n) is 2.68. The van der Waals surface area contributed by atoms with Gasteiger partial charge in [0, 0.05) is 15.0 Å². The van der Waals surface area contributed by atoms with Crippen LogP contribution in [0, 0.1) is 0 Å². The second kappa shape index (κ2) is 4.40. The topological polar surface area (TPSA) is 12.0 Å². The lowest BCUT2D eigenvalue weighted by Gasteiger charge is -2.12. The standard InChI is InChI=1S/C9H11Br2N/c1-6(12-2)8-5-7(10)3-4-9(8)11/h3-6,12H,1-2H3. The van der Waals surface area contributed by atoms with Gasteiger partial charge in [-0.3, -0.25) is 0 Å². The van der Waals surface area contributed by atoms with Crippen LogP contribution in [0.2, 0.25) is 0 Å². The number of halogens is 2. The number of nitrogens with one attached hydrogen (secondary N) is 1. The Morgan fingerprint density at radius 1 is 1.33 bits per heavy atom. The van der Waals surface area contributed by atoms with E-state index in [0.29, 0.717) is 6.04 Å². The molecular formula is C9H11Br2N. The summed E-state index contributed by atoms with van der Waals surface area (Å²) < 4.78 is 2.26. The summed E-state index contributed by atoms with van der Waals surface area (Å²) in [6, 6.07) is 6.56. The zero-order valence-electron chi connectivity index (χ0n) is 7.07. The summed E-state index contributed by atoms with van der Waals surface area (Å²) in [6.45, 7) is 2.13. The van der Waals surface area contributed by atoms with Crippen LogP contribution in [0.15, 0.2) is 27.1 Å². The molecule has 1 atom stereocenters. The zero-order valence-corrected chi connectivity index (χ0v) is 10.2. The monoisotopic (exact) mass is 291 g/mol. The van der Waals surface area contributed by atoms with Gasteiger partial charge in [-0.05, 0) is 37.7 Å². The highest BCUT2D eigenvalue weighted by Gasteiger charge is 2.06. The maximum Gasteiger partial charge on any atom is 0.0300 e. The van der Waals surface area contributed by atoms with Crippen molar-refractivity contribution in [3.63, 3.8) is 0 Å². The smallest absolute Gasteiger partial charge is 0.0300 e. The maximum absolute atomic E-state index is 3.51. The molecule has 3 heteroatoms. The minimum absolute atomic E-state index is 0.372. The van der Waals surface area contributed by atoms with E-state index in [2.05, 4.69) is 50.2 Å². The second-order valence-corrected chi connectivity index (χ2v) is 4.45. The zero-order chi connectivity index (χ0) is 9.14. The van der Waals surface area contributed by atoms with Crippen LogP contribution in [0.5, 0.6) is 0 Å². The van der Waals surface area contributed by atoms with Crippen LogP contribution < -0.4 is 5.32 Å². The van der Waals surface area contributed by atoms with Crippen molar-refractivity contribution in [1.29, 1.82) is 0 Å². The van der Waals surface area contributed by atoms with Crippen molar-refractivity contribution in [2.45, 2.75) is 13.0 Å². The summed E-state index contributed by atoms with van der Waals surface area (Å²) in [7, 11) is 1.96. The Morgan fingerprint density at radius 3 is 2.58 bits per heavy atom. The van der Waals surface area contributed by atoms with Crippen LogP contribution in [0.3, 0.4) is 0 Å². The molecule has 0 bridgehead atoms. The van der Waals surface area contributed by atoms with Crippen LogP contribution in [0.1, 0.15) is 18.5 Å². The molecule has 0 aliphatic heterocycles. The molecule has 0 saturated heterocycles. The van der Waals surface area contributed by atoms with Crippen LogP contribution in [-0.2, 0) is 0 Å². The summed E-state index contributed by atoms with van der Waals surface area (Å²) in [4.78, 5) is 0. The Balaban J connectivity index is 3.04. The molecule has 1 aromatic rings. The third kappa shape index (κ3) is 2.31. The van der Waals surface area contributed by atoms with Crippen molar-refractivity contribution >= 4 is 31.9 Å². The van der Waals surface area contributed by atoms with E-state index < -0.39 is 0 Å². The van der Waals surface area contributed by atoms with Crippen molar-refractivity contribution in [2.75, 3.05) is 7.05 Å². The van der Waals surface area contributed by atoms with E-state index in [1.54, 1.807) is 0 Å². The maximum atomic E-state index is 3.51. The SMILES string of the molecule is CNC(C)c1cc(Br)ccc1Br. The van der Waals surface area contributed by atoms with Crippen LogP contribution in [0.25, 0.3) is 0 Å². The van der Waals surface area contributed by atoms with Crippen molar-refractivity contribution in [2.24, 2.45) is 0 Å². The molecule has 1 rings (SSSR count). The van der Waals surface area contributed by atoms with Crippen LogP contribution >= 0.6 is 31.9 Å². The fourth-order valence-electron chi connectivity index (χ4n) is 1.00. The average molecular weight is 293 g/mol. The van der Waals surface area contributed by atoms with Crippen molar-refractivity contribution in [1.82, 2.24) is 5.32 Å². The van der Waals surface area contributed by atoms with E-state index in [-0.39, 0.29) is 0 Å². The molecule has 12 heavy (non-hydrogen) atoms. The molecule has 1 N–H and O–H groups in total.